The standard InChI is InChI=1S/C23H26N2O5/c1-17(22(27)25-14-12-24(13-15-25)18(2)26)30-23(28)21-11-7-6-8-19(21)16-29-20-9-4-3-5-10-20/h3-11,17H,12-16H2,1-2H3. The van der Waals surface area contributed by atoms with Gasteiger partial charge in [-0.2, -0.15) is 0 Å². The lowest BCUT2D eigenvalue weighted by atomic mass is 10.1. The van der Waals surface area contributed by atoms with E-state index < -0.39 is 12.1 Å². The van der Waals surface area contributed by atoms with Gasteiger partial charge >= 0.3 is 5.97 Å². The van der Waals surface area contributed by atoms with E-state index in [4.69, 9.17) is 9.47 Å². The average molecular weight is 410 g/mol. The Morgan fingerprint density at radius 2 is 1.50 bits per heavy atom. The summed E-state index contributed by atoms with van der Waals surface area (Å²) in [4.78, 5) is 40.1. The molecule has 1 fully saturated rings. The zero-order valence-corrected chi connectivity index (χ0v) is 17.2. The molecule has 0 radical (unpaired) electrons. The van der Waals surface area contributed by atoms with E-state index in [1.54, 1.807) is 34.9 Å². The van der Waals surface area contributed by atoms with Crippen molar-refractivity contribution in [3.63, 3.8) is 0 Å². The molecule has 2 aromatic rings. The van der Waals surface area contributed by atoms with E-state index in [1.807, 2.05) is 36.4 Å². The molecule has 2 aromatic carbocycles. The van der Waals surface area contributed by atoms with Crippen LogP contribution in [0.15, 0.2) is 54.6 Å². The maximum absolute atomic E-state index is 12.7. The molecule has 2 amide bonds. The minimum Gasteiger partial charge on any atom is -0.489 e. The number of nitrogens with zero attached hydrogens (tertiary/aromatic N) is 2. The quantitative estimate of drug-likeness (QED) is 0.684. The van der Waals surface area contributed by atoms with Crippen LogP contribution in [0.5, 0.6) is 5.75 Å². The van der Waals surface area contributed by atoms with Crippen LogP contribution in [0.1, 0.15) is 29.8 Å². The first-order valence-electron chi connectivity index (χ1n) is 9.96. The molecule has 0 N–H and O–H groups in total. The average Bonchev–Trinajstić information content (AvgIpc) is 2.78. The molecule has 1 aliphatic rings. The monoisotopic (exact) mass is 410 g/mol. The van der Waals surface area contributed by atoms with Crippen molar-refractivity contribution >= 4 is 17.8 Å². The summed E-state index contributed by atoms with van der Waals surface area (Å²) in [5.74, 6) is -0.125. The van der Waals surface area contributed by atoms with Gasteiger partial charge in [0.15, 0.2) is 6.10 Å². The fraction of sp³-hybridized carbons (Fsp3) is 0.348. The largest absolute Gasteiger partial charge is 0.489 e. The van der Waals surface area contributed by atoms with E-state index in [-0.39, 0.29) is 18.4 Å². The summed E-state index contributed by atoms with van der Waals surface area (Å²) >= 11 is 0. The van der Waals surface area contributed by atoms with Crippen LogP contribution in [0.2, 0.25) is 0 Å². The number of carbonyl (C=O) groups is 3. The van der Waals surface area contributed by atoms with E-state index in [0.29, 0.717) is 43.1 Å². The van der Waals surface area contributed by atoms with Crippen LogP contribution >= 0.6 is 0 Å². The Bertz CT molecular complexity index is 891. The van der Waals surface area contributed by atoms with Gasteiger partial charge in [0.2, 0.25) is 5.91 Å². The predicted molar refractivity (Wildman–Crippen MR) is 111 cm³/mol. The second-order valence-electron chi connectivity index (χ2n) is 7.14. The highest BCUT2D eigenvalue weighted by molar-refractivity contribution is 5.93. The van der Waals surface area contributed by atoms with Gasteiger partial charge < -0.3 is 19.3 Å². The molecular weight excluding hydrogens is 384 g/mol. The predicted octanol–water partition coefficient (Wildman–Crippen LogP) is 2.50. The first-order valence-corrected chi connectivity index (χ1v) is 9.96. The molecule has 1 heterocycles. The summed E-state index contributed by atoms with van der Waals surface area (Å²) in [7, 11) is 0. The number of benzene rings is 2. The van der Waals surface area contributed by atoms with Gasteiger partial charge in [-0.25, -0.2) is 4.79 Å². The van der Waals surface area contributed by atoms with Crippen molar-refractivity contribution in [3.8, 4) is 5.75 Å². The number of amides is 2. The fourth-order valence-electron chi connectivity index (χ4n) is 3.30. The lowest BCUT2D eigenvalue weighted by Crippen LogP contribution is -2.52. The first-order chi connectivity index (χ1) is 14.5. The molecule has 0 saturated carbocycles. The number of hydrogen-bond donors (Lipinski definition) is 0. The lowest BCUT2D eigenvalue weighted by molar-refractivity contribution is -0.144. The van der Waals surface area contributed by atoms with E-state index in [1.165, 1.54) is 6.92 Å². The minimum atomic E-state index is -0.913. The van der Waals surface area contributed by atoms with Gasteiger partial charge in [0.1, 0.15) is 12.4 Å². The van der Waals surface area contributed by atoms with E-state index in [2.05, 4.69) is 0 Å². The summed E-state index contributed by atoms with van der Waals surface area (Å²) in [6, 6.07) is 16.4. The van der Waals surface area contributed by atoms with E-state index in [0.717, 1.165) is 0 Å². The molecule has 0 spiro atoms. The molecule has 7 heteroatoms. The highest BCUT2D eigenvalue weighted by atomic mass is 16.5. The summed E-state index contributed by atoms with van der Waals surface area (Å²) < 4.78 is 11.2. The second-order valence-corrected chi connectivity index (χ2v) is 7.14. The van der Waals surface area contributed by atoms with Gasteiger partial charge in [0.05, 0.1) is 5.56 Å². The number of hydrogen-bond acceptors (Lipinski definition) is 5. The number of para-hydroxylation sites is 1. The van der Waals surface area contributed by atoms with Crippen molar-refractivity contribution in [1.29, 1.82) is 0 Å². The van der Waals surface area contributed by atoms with Gasteiger partial charge in [-0.05, 0) is 25.1 Å². The van der Waals surface area contributed by atoms with Crippen LogP contribution in [0.25, 0.3) is 0 Å². The van der Waals surface area contributed by atoms with Gasteiger partial charge in [-0.3, -0.25) is 9.59 Å². The maximum atomic E-state index is 12.7. The fourth-order valence-corrected chi connectivity index (χ4v) is 3.30. The molecule has 1 aliphatic heterocycles. The molecule has 0 aliphatic carbocycles. The van der Waals surface area contributed by atoms with Crippen LogP contribution in [0, 0.1) is 0 Å². The molecule has 1 saturated heterocycles. The van der Waals surface area contributed by atoms with Crippen molar-refractivity contribution in [3.05, 3.63) is 65.7 Å². The molecule has 7 nitrogen and oxygen atoms in total. The SMILES string of the molecule is CC(=O)N1CCN(C(=O)C(C)OC(=O)c2ccccc2COc2ccccc2)CC1. The Labute approximate surface area is 176 Å². The molecule has 158 valence electrons. The molecule has 0 aromatic heterocycles. The van der Waals surface area contributed by atoms with Crippen molar-refractivity contribution in [1.82, 2.24) is 9.80 Å². The first kappa shape index (κ1) is 21.4. The Morgan fingerprint density at radius 3 is 2.17 bits per heavy atom. The van der Waals surface area contributed by atoms with Crippen LogP contribution in [-0.4, -0.2) is 59.9 Å². The Kier molecular flexibility index (Phi) is 7.06. The second kappa shape index (κ2) is 9.91. The third-order valence-electron chi connectivity index (χ3n) is 5.04. The molecule has 30 heavy (non-hydrogen) atoms. The van der Waals surface area contributed by atoms with Crippen molar-refractivity contribution < 1.29 is 23.9 Å². The maximum Gasteiger partial charge on any atom is 0.339 e. The summed E-state index contributed by atoms with van der Waals surface area (Å²) in [6.07, 6.45) is -0.913. The summed E-state index contributed by atoms with van der Waals surface area (Å²) in [5, 5.41) is 0. The number of ether oxygens (including phenoxy) is 2. The Morgan fingerprint density at radius 1 is 0.900 bits per heavy atom. The molecule has 3 rings (SSSR count). The van der Waals surface area contributed by atoms with Crippen molar-refractivity contribution in [2.75, 3.05) is 26.2 Å². The number of rotatable bonds is 6. The Balaban J connectivity index is 1.59. The zero-order valence-electron chi connectivity index (χ0n) is 17.2. The normalized spacial score (nSPS) is 14.7. The highest BCUT2D eigenvalue weighted by Gasteiger charge is 2.28. The molecule has 1 unspecified atom stereocenters. The summed E-state index contributed by atoms with van der Waals surface area (Å²) in [5.41, 5.74) is 1.05. The van der Waals surface area contributed by atoms with Crippen molar-refractivity contribution in [2.24, 2.45) is 0 Å². The van der Waals surface area contributed by atoms with Crippen LogP contribution in [0.4, 0.5) is 0 Å². The smallest absolute Gasteiger partial charge is 0.339 e. The zero-order chi connectivity index (χ0) is 21.5. The van der Waals surface area contributed by atoms with Crippen LogP contribution in [0.3, 0.4) is 0 Å². The van der Waals surface area contributed by atoms with Crippen LogP contribution in [-0.2, 0) is 20.9 Å². The van der Waals surface area contributed by atoms with E-state index >= 15 is 0 Å². The molecule has 1 atom stereocenters. The highest BCUT2D eigenvalue weighted by Crippen LogP contribution is 2.17. The number of carbonyl (C=O) groups excluding carboxylic acids is 3. The van der Waals surface area contributed by atoms with Crippen molar-refractivity contribution in [2.45, 2.75) is 26.6 Å². The summed E-state index contributed by atoms with van der Waals surface area (Å²) in [6.45, 7) is 5.14. The van der Waals surface area contributed by atoms with Gasteiger partial charge in [-0.15, -0.1) is 0 Å². The number of esters is 1. The van der Waals surface area contributed by atoms with Gasteiger partial charge in [0, 0.05) is 38.7 Å². The molecule has 0 bridgehead atoms. The minimum absolute atomic E-state index is 0.00379. The third-order valence-corrected chi connectivity index (χ3v) is 5.04. The Hall–Kier alpha value is -3.35. The third kappa shape index (κ3) is 5.37. The molecular formula is C23H26N2O5. The van der Waals surface area contributed by atoms with Gasteiger partial charge in [0.25, 0.3) is 5.91 Å². The van der Waals surface area contributed by atoms with Gasteiger partial charge in [-0.1, -0.05) is 36.4 Å². The van der Waals surface area contributed by atoms with E-state index in [9.17, 15) is 14.4 Å². The van der Waals surface area contributed by atoms with Crippen LogP contribution < -0.4 is 4.74 Å². The number of piperazine rings is 1. The lowest BCUT2D eigenvalue weighted by Gasteiger charge is -2.35. The topological polar surface area (TPSA) is 76.2 Å².